The smallest absolute Gasteiger partial charge is 0.307 e. The Balaban J connectivity index is 2.16. The molecule has 0 aliphatic carbocycles. The lowest BCUT2D eigenvalue weighted by molar-refractivity contribution is -0.141. The summed E-state index contributed by atoms with van der Waals surface area (Å²) in [6.07, 6.45) is 1.06. The third-order valence-electron chi connectivity index (χ3n) is 3.73. The second kappa shape index (κ2) is 6.35. The van der Waals surface area contributed by atoms with Crippen molar-refractivity contribution in [1.29, 1.82) is 0 Å². The number of nitrogens with zero attached hydrogens (tertiary/aromatic N) is 1. The van der Waals surface area contributed by atoms with Gasteiger partial charge in [-0.3, -0.25) is 4.79 Å². The highest BCUT2D eigenvalue weighted by Crippen LogP contribution is 2.36. The van der Waals surface area contributed by atoms with Gasteiger partial charge in [0.1, 0.15) is 17.6 Å². The van der Waals surface area contributed by atoms with Crippen molar-refractivity contribution in [3.8, 4) is 11.5 Å². The third kappa shape index (κ3) is 3.67. The minimum absolute atomic E-state index is 0.175. The standard InChI is InChI=1S/C16H23NO4/c1-10(16(18)19)8-17(3)9-13-7-14(20-4)6-12-5-11(2)21-15(12)13/h6-7,10-11H,5,8-9H2,1-4H3,(H,18,19). The molecule has 0 radical (unpaired) electrons. The SMILES string of the molecule is COc1cc2c(c(CN(C)CC(C)C(=O)O)c1)OC(C)C2. The monoisotopic (exact) mass is 293 g/mol. The maximum Gasteiger partial charge on any atom is 0.307 e. The number of carboxylic acids is 1. The molecule has 116 valence electrons. The molecule has 1 aromatic rings. The summed E-state index contributed by atoms with van der Waals surface area (Å²) >= 11 is 0. The predicted molar refractivity (Wildman–Crippen MR) is 79.9 cm³/mol. The third-order valence-corrected chi connectivity index (χ3v) is 3.73. The van der Waals surface area contributed by atoms with Crippen molar-refractivity contribution >= 4 is 5.97 Å². The molecule has 2 rings (SSSR count). The van der Waals surface area contributed by atoms with Gasteiger partial charge in [-0.25, -0.2) is 0 Å². The second-order valence-electron chi connectivity index (χ2n) is 5.84. The molecule has 5 heteroatoms. The molecule has 1 aliphatic rings. The summed E-state index contributed by atoms with van der Waals surface area (Å²) in [7, 11) is 3.57. The van der Waals surface area contributed by atoms with Gasteiger partial charge in [-0.1, -0.05) is 6.92 Å². The van der Waals surface area contributed by atoms with Crippen LogP contribution >= 0.6 is 0 Å². The van der Waals surface area contributed by atoms with Crippen LogP contribution in [-0.4, -0.2) is 42.8 Å². The lowest BCUT2D eigenvalue weighted by Crippen LogP contribution is -2.28. The Labute approximate surface area is 125 Å². The molecule has 1 N–H and O–H groups in total. The van der Waals surface area contributed by atoms with Gasteiger partial charge < -0.3 is 19.5 Å². The van der Waals surface area contributed by atoms with Crippen LogP contribution in [0, 0.1) is 5.92 Å². The fraction of sp³-hybridized carbons (Fsp3) is 0.562. The van der Waals surface area contributed by atoms with Crippen LogP contribution in [-0.2, 0) is 17.8 Å². The molecule has 1 heterocycles. The van der Waals surface area contributed by atoms with Crippen LogP contribution in [0.25, 0.3) is 0 Å². The molecule has 0 bridgehead atoms. The number of ether oxygens (including phenoxy) is 2. The number of methoxy groups -OCH3 is 1. The van der Waals surface area contributed by atoms with Crippen LogP contribution in [0.2, 0.25) is 0 Å². The molecule has 1 aromatic carbocycles. The van der Waals surface area contributed by atoms with Crippen molar-refractivity contribution in [2.45, 2.75) is 32.9 Å². The number of carboxylic acid groups (broad SMARTS) is 1. The van der Waals surface area contributed by atoms with Gasteiger partial charge in [-0.05, 0) is 26.1 Å². The molecular formula is C16H23NO4. The summed E-state index contributed by atoms with van der Waals surface area (Å²) in [5.74, 6) is 0.579. The van der Waals surface area contributed by atoms with Crippen LogP contribution in [0.5, 0.6) is 11.5 Å². The summed E-state index contributed by atoms with van der Waals surface area (Å²) in [6.45, 7) is 4.90. The topological polar surface area (TPSA) is 59.0 Å². The molecule has 0 spiro atoms. The van der Waals surface area contributed by atoms with Crippen LogP contribution in [0.3, 0.4) is 0 Å². The van der Waals surface area contributed by atoms with E-state index in [2.05, 4.69) is 0 Å². The Morgan fingerprint density at radius 2 is 2.29 bits per heavy atom. The van der Waals surface area contributed by atoms with Crippen molar-refractivity contribution in [3.63, 3.8) is 0 Å². The first-order chi connectivity index (χ1) is 9.90. The number of carbonyl (C=O) groups is 1. The first-order valence-corrected chi connectivity index (χ1v) is 7.18. The zero-order valence-electron chi connectivity index (χ0n) is 13.0. The minimum atomic E-state index is -0.775. The maximum absolute atomic E-state index is 10.9. The first kappa shape index (κ1) is 15.6. The molecular weight excluding hydrogens is 270 g/mol. The Hall–Kier alpha value is -1.75. The fourth-order valence-corrected chi connectivity index (χ4v) is 2.71. The Kier molecular flexibility index (Phi) is 4.73. The van der Waals surface area contributed by atoms with Gasteiger partial charge in [0.25, 0.3) is 0 Å². The van der Waals surface area contributed by atoms with Gasteiger partial charge in [0.05, 0.1) is 13.0 Å². The van der Waals surface area contributed by atoms with E-state index < -0.39 is 11.9 Å². The average Bonchev–Trinajstić information content (AvgIpc) is 2.78. The molecule has 5 nitrogen and oxygen atoms in total. The first-order valence-electron chi connectivity index (χ1n) is 7.18. The summed E-state index contributed by atoms with van der Waals surface area (Å²) < 4.78 is 11.2. The van der Waals surface area contributed by atoms with Crippen molar-refractivity contribution in [2.75, 3.05) is 20.7 Å². The Morgan fingerprint density at radius 1 is 1.57 bits per heavy atom. The van der Waals surface area contributed by atoms with Gasteiger partial charge in [0, 0.05) is 30.6 Å². The summed E-state index contributed by atoms with van der Waals surface area (Å²) in [4.78, 5) is 12.9. The summed E-state index contributed by atoms with van der Waals surface area (Å²) in [6, 6.07) is 3.99. The van der Waals surface area contributed by atoms with Gasteiger partial charge in [0.15, 0.2) is 0 Å². The number of hydrogen-bond acceptors (Lipinski definition) is 4. The van der Waals surface area contributed by atoms with Crippen molar-refractivity contribution in [1.82, 2.24) is 4.90 Å². The molecule has 1 aliphatic heterocycles. The van der Waals surface area contributed by atoms with Gasteiger partial charge in [-0.15, -0.1) is 0 Å². The van der Waals surface area contributed by atoms with Gasteiger partial charge in [0.2, 0.25) is 0 Å². The van der Waals surface area contributed by atoms with E-state index in [0.717, 1.165) is 29.0 Å². The van der Waals surface area contributed by atoms with Gasteiger partial charge in [-0.2, -0.15) is 0 Å². The maximum atomic E-state index is 10.9. The molecule has 0 saturated heterocycles. The average molecular weight is 293 g/mol. The predicted octanol–water partition coefficient (Wildman–Crippen LogP) is 2.17. The van der Waals surface area contributed by atoms with E-state index in [4.69, 9.17) is 14.6 Å². The largest absolute Gasteiger partial charge is 0.497 e. The molecule has 0 amide bonds. The van der Waals surface area contributed by atoms with Crippen LogP contribution in [0.1, 0.15) is 25.0 Å². The fourth-order valence-electron chi connectivity index (χ4n) is 2.71. The molecule has 0 aromatic heterocycles. The van der Waals surface area contributed by atoms with Crippen LogP contribution in [0.4, 0.5) is 0 Å². The van der Waals surface area contributed by atoms with E-state index >= 15 is 0 Å². The van der Waals surface area contributed by atoms with E-state index in [1.165, 1.54) is 0 Å². The molecule has 21 heavy (non-hydrogen) atoms. The van der Waals surface area contributed by atoms with Crippen molar-refractivity contribution in [3.05, 3.63) is 23.3 Å². The van der Waals surface area contributed by atoms with Gasteiger partial charge >= 0.3 is 5.97 Å². The number of hydrogen-bond donors (Lipinski definition) is 1. The lowest BCUT2D eigenvalue weighted by atomic mass is 10.0. The zero-order valence-corrected chi connectivity index (χ0v) is 13.0. The number of fused-ring (bicyclic) bond motifs is 1. The molecule has 2 atom stereocenters. The minimum Gasteiger partial charge on any atom is -0.497 e. The zero-order chi connectivity index (χ0) is 15.6. The quantitative estimate of drug-likeness (QED) is 0.871. The van der Waals surface area contributed by atoms with Crippen molar-refractivity contribution in [2.24, 2.45) is 5.92 Å². The van der Waals surface area contributed by atoms with Crippen molar-refractivity contribution < 1.29 is 19.4 Å². The second-order valence-corrected chi connectivity index (χ2v) is 5.84. The van der Waals surface area contributed by atoms with E-state index in [1.54, 1.807) is 14.0 Å². The van der Waals surface area contributed by atoms with E-state index in [9.17, 15) is 4.79 Å². The number of aliphatic carboxylic acids is 1. The van der Waals surface area contributed by atoms with E-state index in [0.29, 0.717) is 13.1 Å². The Morgan fingerprint density at radius 3 is 2.90 bits per heavy atom. The van der Waals surface area contributed by atoms with E-state index in [1.807, 2.05) is 31.0 Å². The molecule has 0 fully saturated rings. The Bertz CT molecular complexity index is 529. The highest BCUT2D eigenvalue weighted by Gasteiger charge is 2.24. The van der Waals surface area contributed by atoms with Crippen LogP contribution in [0.15, 0.2) is 12.1 Å². The summed E-state index contributed by atoms with van der Waals surface area (Å²) in [5, 5.41) is 9.00. The molecule has 0 saturated carbocycles. The van der Waals surface area contributed by atoms with Crippen LogP contribution < -0.4 is 9.47 Å². The lowest BCUT2D eigenvalue weighted by Gasteiger charge is -2.21. The van der Waals surface area contributed by atoms with E-state index in [-0.39, 0.29) is 6.10 Å². The normalized spacial score (nSPS) is 18.2. The number of benzene rings is 1. The highest BCUT2D eigenvalue weighted by molar-refractivity contribution is 5.69. The molecule has 2 unspecified atom stereocenters. The highest BCUT2D eigenvalue weighted by atomic mass is 16.5. The number of rotatable bonds is 6. The summed E-state index contributed by atoms with van der Waals surface area (Å²) in [5.41, 5.74) is 2.21.